The van der Waals surface area contributed by atoms with E-state index in [0.29, 0.717) is 22.3 Å². The predicted molar refractivity (Wildman–Crippen MR) is 142 cm³/mol. The van der Waals surface area contributed by atoms with Crippen molar-refractivity contribution in [2.45, 2.75) is 24.7 Å². The highest BCUT2D eigenvalue weighted by Gasteiger charge is 2.24. The first-order valence-electron chi connectivity index (χ1n) is 11.5. The van der Waals surface area contributed by atoms with Gasteiger partial charge in [0.2, 0.25) is 15.2 Å². The molecule has 0 atom stereocenters. The summed E-state index contributed by atoms with van der Waals surface area (Å²) in [5.41, 5.74) is 1.22. The van der Waals surface area contributed by atoms with E-state index in [9.17, 15) is 22.0 Å². The molecule has 7 nitrogen and oxygen atoms in total. The van der Waals surface area contributed by atoms with E-state index in [1.165, 1.54) is 84.3 Å². The van der Waals surface area contributed by atoms with Gasteiger partial charge in [-0.25, -0.2) is 26.5 Å². The molecule has 37 heavy (non-hydrogen) atoms. The lowest BCUT2D eigenvalue weighted by atomic mass is 10.2. The second-order valence-electron chi connectivity index (χ2n) is 8.23. The Hall–Kier alpha value is -3.54. The van der Waals surface area contributed by atoms with Crippen LogP contribution in [-0.4, -0.2) is 43.4 Å². The van der Waals surface area contributed by atoms with Crippen molar-refractivity contribution in [3.05, 3.63) is 89.5 Å². The Morgan fingerprint density at radius 3 is 2.38 bits per heavy atom. The number of benzene rings is 3. The Morgan fingerprint density at radius 2 is 1.70 bits per heavy atom. The number of amides is 1. The molecular formula is C26H24F2N4O3S2. The Balaban J connectivity index is 1.67. The molecule has 0 aliphatic carbocycles. The number of hydrogen-bond acceptors (Lipinski definition) is 6. The predicted octanol–water partition coefficient (Wildman–Crippen LogP) is 5.68. The van der Waals surface area contributed by atoms with Crippen molar-refractivity contribution in [1.29, 1.82) is 0 Å². The number of aromatic nitrogens is 1. The summed E-state index contributed by atoms with van der Waals surface area (Å²) in [6.45, 7) is 2.37. The number of carbonyl (C=O) groups excluding carboxylic acids is 1. The smallest absolute Gasteiger partial charge is 0.267 e. The van der Waals surface area contributed by atoms with Crippen LogP contribution < -0.4 is 5.01 Å². The van der Waals surface area contributed by atoms with Crippen LogP contribution in [0.5, 0.6) is 0 Å². The molecule has 0 spiro atoms. The quantitative estimate of drug-likeness (QED) is 0.201. The number of hydrazone groups is 1. The molecule has 192 valence electrons. The summed E-state index contributed by atoms with van der Waals surface area (Å²) in [6.07, 6.45) is 2.98. The van der Waals surface area contributed by atoms with Crippen LogP contribution in [0.4, 0.5) is 13.9 Å². The van der Waals surface area contributed by atoms with Gasteiger partial charge in [0.05, 0.1) is 21.3 Å². The molecular weight excluding hydrogens is 518 g/mol. The zero-order valence-electron chi connectivity index (χ0n) is 20.1. The Labute approximate surface area is 217 Å². The van der Waals surface area contributed by atoms with Crippen LogP contribution in [0.15, 0.2) is 76.7 Å². The lowest BCUT2D eigenvalue weighted by molar-refractivity contribution is 0.0987. The monoisotopic (exact) mass is 542 g/mol. The molecule has 0 aliphatic heterocycles. The highest BCUT2D eigenvalue weighted by molar-refractivity contribution is 7.89. The summed E-state index contributed by atoms with van der Waals surface area (Å²) in [5.74, 6) is -1.41. The number of thiazole rings is 1. The number of halogens is 2. The SMILES string of the molecule is CCCCN(C)S(=O)(=O)c1ccc(C(=O)N(/N=C/c2ccc(F)cc2)c2nc3ccc(F)cc3s2)cc1. The molecule has 0 fully saturated rings. The van der Waals surface area contributed by atoms with Crippen molar-refractivity contribution in [2.24, 2.45) is 5.10 Å². The van der Waals surface area contributed by atoms with Crippen LogP contribution >= 0.6 is 11.3 Å². The molecule has 0 N–H and O–H groups in total. The molecule has 0 radical (unpaired) electrons. The van der Waals surface area contributed by atoms with E-state index >= 15 is 0 Å². The van der Waals surface area contributed by atoms with Gasteiger partial charge in [-0.2, -0.15) is 10.1 Å². The molecule has 0 saturated heterocycles. The van der Waals surface area contributed by atoms with Crippen LogP contribution in [0.2, 0.25) is 0 Å². The summed E-state index contributed by atoms with van der Waals surface area (Å²) < 4.78 is 54.5. The van der Waals surface area contributed by atoms with E-state index in [4.69, 9.17) is 0 Å². The zero-order chi connectivity index (χ0) is 26.6. The average molecular weight is 543 g/mol. The zero-order valence-corrected chi connectivity index (χ0v) is 21.8. The molecule has 1 heterocycles. The second kappa shape index (κ2) is 11.2. The summed E-state index contributed by atoms with van der Waals surface area (Å²) in [5, 5.41) is 5.54. The van der Waals surface area contributed by atoms with Crippen molar-refractivity contribution in [1.82, 2.24) is 9.29 Å². The highest BCUT2D eigenvalue weighted by Crippen LogP contribution is 2.31. The van der Waals surface area contributed by atoms with Gasteiger partial charge in [-0.05, 0) is 66.6 Å². The minimum atomic E-state index is -3.69. The van der Waals surface area contributed by atoms with Gasteiger partial charge < -0.3 is 0 Å². The maximum absolute atomic E-state index is 13.7. The molecule has 11 heteroatoms. The molecule has 0 bridgehead atoms. The Kier molecular flexibility index (Phi) is 8.06. The Bertz CT molecular complexity index is 1540. The maximum atomic E-state index is 13.7. The molecule has 1 amide bonds. The van der Waals surface area contributed by atoms with Crippen LogP contribution in [0.25, 0.3) is 10.2 Å². The van der Waals surface area contributed by atoms with Crippen LogP contribution in [0.1, 0.15) is 35.7 Å². The van der Waals surface area contributed by atoms with Gasteiger partial charge in [0.25, 0.3) is 5.91 Å². The van der Waals surface area contributed by atoms with Gasteiger partial charge in [0.1, 0.15) is 11.6 Å². The third-order valence-electron chi connectivity index (χ3n) is 5.54. The highest BCUT2D eigenvalue weighted by atomic mass is 32.2. The van der Waals surface area contributed by atoms with E-state index in [2.05, 4.69) is 10.1 Å². The van der Waals surface area contributed by atoms with E-state index in [1.54, 1.807) is 0 Å². The topological polar surface area (TPSA) is 82.9 Å². The number of unbranched alkanes of at least 4 members (excludes halogenated alkanes) is 1. The fraction of sp³-hybridized carbons (Fsp3) is 0.192. The van der Waals surface area contributed by atoms with Gasteiger partial charge in [0, 0.05) is 19.2 Å². The fourth-order valence-corrected chi connectivity index (χ4v) is 5.57. The molecule has 3 aromatic carbocycles. The Morgan fingerprint density at radius 1 is 1.03 bits per heavy atom. The summed E-state index contributed by atoms with van der Waals surface area (Å²) in [7, 11) is -2.18. The van der Waals surface area contributed by atoms with Gasteiger partial charge >= 0.3 is 0 Å². The lowest BCUT2D eigenvalue weighted by Gasteiger charge is -2.17. The van der Waals surface area contributed by atoms with Crippen molar-refractivity contribution < 1.29 is 22.0 Å². The van der Waals surface area contributed by atoms with Gasteiger partial charge in [-0.1, -0.05) is 36.8 Å². The number of nitrogens with zero attached hydrogens (tertiary/aromatic N) is 4. The normalized spacial score (nSPS) is 12.0. The van der Waals surface area contributed by atoms with Gasteiger partial charge in [-0.15, -0.1) is 0 Å². The summed E-state index contributed by atoms with van der Waals surface area (Å²) >= 11 is 1.08. The summed E-state index contributed by atoms with van der Waals surface area (Å²) in [6, 6.07) is 15.2. The molecule has 0 saturated carbocycles. The van der Waals surface area contributed by atoms with Crippen LogP contribution in [0, 0.1) is 11.6 Å². The maximum Gasteiger partial charge on any atom is 0.280 e. The third kappa shape index (κ3) is 6.07. The number of hydrogen-bond donors (Lipinski definition) is 0. The molecule has 0 aliphatic rings. The number of carbonyl (C=O) groups is 1. The first-order chi connectivity index (χ1) is 17.7. The summed E-state index contributed by atoms with van der Waals surface area (Å²) in [4.78, 5) is 18.0. The van der Waals surface area contributed by atoms with Crippen molar-refractivity contribution in [3.63, 3.8) is 0 Å². The standard InChI is InChI=1S/C26H24F2N4O3S2/c1-3-4-15-31(2)37(34,35)22-12-7-19(8-13-22)25(33)32(29-17-18-5-9-20(27)10-6-18)26-30-23-14-11-21(28)16-24(23)36-26/h5-14,16-17H,3-4,15H2,1-2H3/b29-17+. The van der Waals surface area contributed by atoms with E-state index in [1.807, 2.05) is 6.92 Å². The third-order valence-corrected chi connectivity index (χ3v) is 8.41. The molecule has 4 aromatic rings. The fourth-order valence-electron chi connectivity index (χ4n) is 3.41. The van der Waals surface area contributed by atoms with Gasteiger partial charge in [-0.3, -0.25) is 4.79 Å². The van der Waals surface area contributed by atoms with Gasteiger partial charge in [0.15, 0.2) is 0 Å². The largest absolute Gasteiger partial charge is 0.280 e. The number of sulfonamides is 1. The molecule has 1 aromatic heterocycles. The lowest BCUT2D eigenvalue weighted by Crippen LogP contribution is -2.28. The number of anilines is 1. The first kappa shape index (κ1) is 26.5. The second-order valence-corrected chi connectivity index (χ2v) is 11.3. The van der Waals surface area contributed by atoms with Crippen molar-refractivity contribution in [2.75, 3.05) is 18.6 Å². The van der Waals surface area contributed by atoms with E-state index < -0.39 is 27.6 Å². The number of fused-ring (bicyclic) bond motifs is 1. The first-order valence-corrected chi connectivity index (χ1v) is 13.7. The molecule has 4 rings (SSSR count). The van der Waals surface area contributed by atoms with E-state index in [-0.39, 0.29) is 15.6 Å². The van der Waals surface area contributed by atoms with Crippen LogP contribution in [0.3, 0.4) is 0 Å². The minimum absolute atomic E-state index is 0.0690. The number of rotatable bonds is 9. The average Bonchev–Trinajstić information content (AvgIpc) is 3.31. The van der Waals surface area contributed by atoms with Crippen molar-refractivity contribution >= 4 is 48.8 Å². The molecule has 0 unspecified atom stereocenters. The minimum Gasteiger partial charge on any atom is -0.267 e. The van der Waals surface area contributed by atoms with Crippen molar-refractivity contribution in [3.8, 4) is 0 Å². The van der Waals surface area contributed by atoms with Crippen LogP contribution in [-0.2, 0) is 10.0 Å². The van der Waals surface area contributed by atoms with E-state index in [0.717, 1.165) is 29.2 Å².